The lowest BCUT2D eigenvalue weighted by molar-refractivity contribution is -0.124. The van der Waals surface area contributed by atoms with Crippen LogP contribution < -0.4 is 10.1 Å². The van der Waals surface area contributed by atoms with E-state index < -0.39 is 18.0 Å². The molecule has 8 nitrogen and oxygen atoms in total. The third-order valence-corrected chi connectivity index (χ3v) is 6.58. The molecule has 0 aliphatic carbocycles. The van der Waals surface area contributed by atoms with Crippen molar-refractivity contribution in [3.05, 3.63) is 83.7 Å². The highest BCUT2D eigenvalue weighted by Gasteiger charge is 2.25. The van der Waals surface area contributed by atoms with Gasteiger partial charge in [-0.05, 0) is 36.8 Å². The number of thiazole rings is 1. The van der Waals surface area contributed by atoms with Gasteiger partial charge in [-0.25, -0.2) is 14.8 Å². The van der Waals surface area contributed by atoms with Gasteiger partial charge < -0.3 is 14.5 Å². The average Bonchev–Trinajstić information content (AvgIpc) is 3.58. The zero-order chi connectivity index (χ0) is 25.8. The van der Waals surface area contributed by atoms with Gasteiger partial charge >= 0.3 is 5.97 Å². The molecule has 2 heterocycles. The van der Waals surface area contributed by atoms with E-state index in [1.165, 1.54) is 11.3 Å². The molecule has 0 fully saturated rings. The highest BCUT2D eigenvalue weighted by molar-refractivity contribution is 7.14. The largest absolute Gasteiger partial charge is 0.496 e. The molecule has 3 aromatic carbocycles. The molecule has 2 N–H and O–H groups in total. The van der Waals surface area contributed by atoms with Crippen LogP contribution in [0.2, 0.25) is 0 Å². The Morgan fingerprint density at radius 2 is 1.70 bits per heavy atom. The number of anilines is 1. The quantitative estimate of drug-likeness (QED) is 0.249. The minimum atomic E-state index is -0.991. The van der Waals surface area contributed by atoms with Gasteiger partial charge in [0.15, 0.2) is 11.2 Å². The van der Waals surface area contributed by atoms with E-state index in [4.69, 9.17) is 9.47 Å². The second-order valence-corrected chi connectivity index (χ2v) is 9.04. The number of hydrogen-bond acceptors (Lipinski definition) is 7. The van der Waals surface area contributed by atoms with Gasteiger partial charge in [-0.2, -0.15) is 0 Å². The first kappa shape index (κ1) is 24.2. The fraction of sp³-hybridized carbons (Fsp3) is 0.143. The third kappa shape index (κ3) is 5.07. The van der Waals surface area contributed by atoms with Crippen molar-refractivity contribution in [3.8, 4) is 28.4 Å². The molecular weight excluding hydrogens is 488 g/mol. The zero-order valence-electron chi connectivity index (χ0n) is 20.2. The number of aromatic amines is 1. The van der Waals surface area contributed by atoms with Crippen molar-refractivity contribution >= 4 is 39.4 Å². The summed E-state index contributed by atoms with van der Waals surface area (Å²) in [6.45, 7) is 1.78. The number of hydrogen-bond donors (Lipinski definition) is 2. The Morgan fingerprint density at radius 1 is 0.973 bits per heavy atom. The Morgan fingerprint density at radius 3 is 2.49 bits per heavy atom. The fourth-order valence-corrected chi connectivity index (χ4v) is 4.67. The van der Waals surface area contributed by atoms with E-state index in [1.54, 1.807) is 32.2 Å². The van der Waals surface area contributed by atoms with Crippen molar-refractivity contribution in [3.63, 3.8) is 0 Å². The SMILES string of the molecule is CCC(OC(=O)c1ccccc1-c1nc2ccccc2[nH]1)C(=O)Nc1nc(-c2ccccc2OC)cs1. The van der Waals surface area contributed by atoms with Gasteiger partial charge in [-0.1, -0.05) is 49.4 Å². The summed E-state index contributed by atoms with van der Waals surface area (Å²) in [5.41, 5.74) is 4.08. The molecule has 1 amide bonds. The summed E-state index contributed by atoms with van der Waals surface area (Å²) in [4.78, 5) is 38.5. The molecule has 9 heteroatoms. The molecule has 0 saturated heterocycles. The van der Waals surface area contributed by atoms with Crippen LogP contribution in [0.3, 0.4) is 0 Å². The number of carbonyl (C=O) groups is 2. The van der Waals surface area contributed by atoms with Crippen LogP contribution in [0.15, 0.2) is 78.2 Å². The predicted molar refractivity (Wildman–Crippen MR) is 144 cm³/mol. The van der Waals surface area contributed by atoms with Crippen LogP contribution in [0.25, 0.3) is 33.7 Å². The predicted octanol–water partition coefficient (Wildman–Crippen LogP) is 5.94. The van der Waals surface area contributed by atoms with E-state index in [9.17, 15) is 9.59 Å². The van der Waals surface area contributed by atoms with Gasteiger partial charge in [-0.15, -0.1) is 11.3 Å². The number of para-hydroxylation sites is 3. The van der Waals surface area contributed by atoms with Gasteiger partial charge in [0, 0.05) is 16.5 Å². The molecule has 186 valence electrons. The summed E-state index contributed by atoms with van der Waals surface area (Å²) in [5.74, 6) is 0.192. The Balaban J connectivity index is 1.32. The van der Waals surface area contributed by atoms with Crippen LogP contribution in [0, 0.1) is 0 Å². The number of fused-ring (bicyclic) bond motifs is 1. The normalized spacial score (nSPS) is 11.7. The van der Waals surface area contributed by atoms with Crippen molar-refractivity contribution in [2.24, 2.45) is 0 Å². The molecule has 5 aromatic rings. The summed E-state index contributed by atoms with van der Waals surface area (Å²) in [5, 5.41) is 5.02. The van der Waals surface area contributed by atoms with Gasteiger partial charge in [0.05, 0.1) is 29.4 Å². The summed E-state index contributed by atoms with van der Waals surface area (Å²) in [7, 11) is 1.60. The number of nitrogens with one attached hydrogen (secondary N) is 2. The van der Waals surface area contributed by atoms with Crippen LogP contribution in [-0.4, -0.2) is 40.0 Å². The number of methoxy groups -OCH3 is 1. The van der Waals surface area contributed by atoms with Gasteiger partial charge in [-0.3, -0.25) is 10.1 Å². The molecule has 0 aliphatic rings. The van der Waals surface area contributed by atoms with Crippen molar-refractivity contribution in [2.75, 3.05) is 12.4 Å². The molecule has 1 unspecified atom stereocenters. The molecule has 5 rings (SSSR count). The average molecular weight is 513 g/mol. The van der Waals surface area contributed by atoms with Crippen molar-refractivity contribution in [1.29, 1.82) is 0 Å². The van der Waals surface area contributed by atoms with Crippen molar-refractivity contribution < 1.29 is 19.1 Å². The van der Waals surface area contributed by atoms with Crippen molar-refractivity contribution in [2.45, 2.75) is 19.4 Å². The smallest absolute Gasteiger partial charge is 0.339 e. The molecule has 0 saturated carbocycles. The number of esters is 1. The summed E-state index contributed by atoms with van der Waals surface area (Å²) >= 11 is 1.29. The Labute approximate surface area is 217 Å². The topological polar surface area (TPSA) is 106 Å². The number of carbonyl (C=O) groups excluding carboxylic acids is 2. The van der Waals surface area contributed by atoms with E-state index >= 15 is 0 Å². The Kier molecular flexibility index (Phi) is 6.96. The standard InChI is InChI=1S/C28H24N4O4S/c1-3-23(26(33)32-28-31-22(16-37-28)19-12-6-9-15-24(19)35-2)36-27(34)18-11-5-4-10-17(18)25-29-20-13-7-8-14-21(20)30-25/h4-16,23H,3H2,1-2H3,(H,29,30)(H,31,32,33). The van der Waals surface area contributed by atoms with Gasteiger partial charge in [0.25, 0.3) is 5.91 Å². The van der Waals surface area contributed by atoms with E-state index in [-0.39, 0.29) is 0 Å². The first-order chi connectivity index (χ1) is 18.1. The second kappa shape index (κ2) is 10.6. The molecule has 0 radical (unpaired) electrons. The first-order valence-corrected chi connectivity index (χ1v) is 12.6. The number of H-pyrrole nitrogens is 1. The minimum Gasteiger partial charge on any atom is -0.496 e. The van der Waals surface area contributed by atoms with Gasteiger partial charge in [0.1, 0.15) is 11.6 Å². The third-order valence-electron chi connectivity index (χ3n) is 5.82. The molecule has 1 atom stereocenters. The van der Waals surface area contributed by atoms with Gasteiger partial charge in [0.2, 0.25) is 0 Å². The molecule has 0 spiro atoms. The lowest BCUT2D eigenvalue weighted by Gasteiger charge is -2.16. The van der Waals surface area contributed by atoms with Crippen LogP contribution in [-0.2, 0) is 9.53 Å². The number of imidazole rings is 1. The molecule has 0 aliphatic heterocycles. The molecule has 2 aromatic heterocycles. The van der Waals surface area contributed by atoms with E-state index in [0.717, 1.165) is 16.6 Å². The summed E-state index contributed by atoms with van der Waals surface area (Å²) in [6.07, 6.45) is -0.690. The summed E-state index contributed by atoms with van der Waals surface area (Å²) in [6, 6.07) is 22.2. The number of ether oxygens (including phenoxy) is 2. The first-order valence-electron chi connectivity index (χ1n) is 11.7. The van der Waals surface area contributed by atoms with Crippen LogP contribution in [0.1, 0.15) is 23.7 Å². The maximum Gasteiger partial charge on any atom is 0.339 e. The maximum absolute atomic E-state index is 13.2. The molecule has 37 heavy (non-hydrogen) atoms. The van der Waals surface area contributed by atoms with E-state index in [1.807, 2.05) is 60.0 Å². The zero-order valence-corrected chi connectivity index (χ0v) is 21.0. The Hall–Kier alpha value is -4.50. The van der Waals surface area contributed by atoms with Crippen LogP contribution in [0.5, 0.6) is 5.75 Å². The Bertz CT molecular complexity index is 1540. The number of nitrogens with zero attached hydrogens (tertiary/aromatic N) is 2. The van der Waals surface area contributed by atoms with Crippen LogP contribution in [0.4, 0.5) is 5.13 Å². The number of amides is 1. The number of aromatic nitrogens is 3. The highest BCUT2D eigenvalue weighted by Crippen LogP contribution is 2.32. The lowest BCUT2D eigenvalue weighted by atomic mass is 10.1. The monoisotopic (exact) mass is 512 g/mol. The van der Waals surface area contributed by atoms with E-state index in [2.05, 4.69) is 20.3 Å². The number of rotatable bonds is 8. The van der Waals surface area contributed by atoms with Crippen molar-refractivity contribution in [1.82, 2.24) is 15.0 Å². The fourth-order valence-electron chi connectivity index (χ4n) is 3.96. The molecular formula is C28H24N4O4S. The highest BCUT2D eigenvalue weighted by atomic mass is 32.1. The van der Waals surface area contributed by atoms with Crippen LogP contribution >= 0.6 is 11.3 Å². The number of benzene rings is 3. The maximum atomic E-state index is 13.2. The lowest BCUT2D eigenvalue weighted by Crippen LogP contribution is -2.32. The molecule has 0 bridgehead atoms. The summed E-state index contributed by atoms with van der Waals surface area (Å²) < 4.78 is 11.1. The van der Waals surface area contributed by atoms with E-state index in [0.29, 0.717) is 39.9 Å². The minimum absolute atomic E-state index is 0.301. The second-order valence-electron chi connectivity index (χ2n) is 8.18.